The van der Waals surface area contributed by atoms with Crippen molar-refractivity contribution in [2.24, 2.45) is 0 Å². The van der Waals surface area contributed by atoms with E-state index in [9.17, 15) is 9.18 Å². The Balaban J connectivity index is 1.80. The number of hydrogen-bond acceptors (Lipinski definition) is 3. The van der Waals surface area contributed by atoms with Gasteiger partial charge in [-0.1, -0.05) is 12.1 Å². The quantitative estimate of drug-likeness (QED) is 0.904. The average Bonchev–Trinajstić information content (AvgIpc) is 2.85. The van der Waals surface area contributed by atoms with Crippen molar-refractivity contribution in [2.75, 3.05) is 6.54 Å². The van der Waals surface area contributed by atoms with Crippen LogP contribution in [0.5, 0.6) is 0 Å². The van der Waals surface area contributed by atoms with Gasteiger partial charge < -0.3 is 5.32 Å². The fraction of sp³-hybridized carbons (Fsp3) is 0.167. The second kappa shape index (κ2) is 5.54. The number of nitrogens with one attached hydrogen (secondary N) is 1. The van der Waals surface area contributed by atoms with E-state index in [1.54, 1.807) is 17.6 Å². The molecule has 1 aromatic carbocycles. The second-order valence-electron chi connectivity index (χ2n) is 3.50. The number of nitrogens with zero attached hydrogens (tertiary/aromatic N) is 1. The van der Waals surface area contributed by atoms with Crippen molar-refractivity contribution in [3.8, 4) is 0 Å². The van der Waals surface area contributed by atoms with Gasteiger partial charge in [0.15, 0.2) is 0 Å². The minimum atomic E-state index is -0.248. The molecule has 0 unspecified atom stereocenters. The Morgan fingerprint density at radius 1 is 1.35 bits per heavy atom. The monoisotopic (exact) mass is 250 g/mol. The molecule has 0 spiro atoms. The Labute approximate surface area is 102 Å². The van der Waals surface area contributed by atoms with Crippen LogP contribution >= 0.6 is 11.3 Å². The summed E-state index contributed by atoms with van der Waals surface area (Å²) in [6, 6.07) is 6.27. The minimum Gasteiger partial charge on any atom is -0.351 e. The summed E-state index contributed by atoms with van der Waals surface area (Å²) in [6.07, 6.45) is 2.22. The van der Waals surface area contributed by atoms with Crippen molar-refractivity contribution in [1.29, 1.82) is 0 Å². The van der Waals surface area contributed by atoms with Crippen molar-refractivity contribution in [2.45, 2.75) is 6.42 Å². The zero-order valence-electron chi connectivity index (χ0n) is 9.02. The average molecular weight is 250 g/mol. The third-order valence-corrected chi connectivity index (χ3v) is 3.04. The number of carbonyl (C=O) groups excluding carboxylic acids is 1. The molecule has 2 rings (SSSR count). The highest BCUT2D eigenvalue weighted by Gasteiger charge is 2.05. The van der Waals surface area contributed by atoms with Crippen LogP contribution in [0, 0.1) is 5.82 Å². The van der Waals surface area contributed by atoms with E-state index in [2.05, 4.69) is 10.3 Å². The number of carbonyl (C=O) groups is 1. The van der Waals surface area contributed by atoms with Crippen LogP contribution in [0.15, 0.2) is 36.0 Å². The van der Waals surface area contributed by atoms with Gasteiger partial charge in [-0.25, -0.2) is 4.39 Å². The van der Waals surface area contributed by atoms with E-state index in [4.69, 9.17) is 0 Å². The minimum absolute atomic E-state index is 0.116. The molecule has 1 heterocycles. The summed E-state index contributed by atoms with van der Waals surface area (Å²) in [6.45, 7) is 0.530. The third kappa shape index (κ3) is 3.35. The van der Waals surface area contributed by atoms with E-state index in [1.165, 1.54) is 29.7 Å². The molecule has 3 nitrogen and oxygen atoms in total. The van der Waals surface area contributed by atoms with E-state index >= 15 is 0 Å². The number of benzene rings is 1. The van der Waals surface area contributed by atoms with E-state index in [0.29, 0.717) is 17.8 Å². The first-order valence-corrected chi connectivity index (χ1v) is 6.05. The number of halogens is 1. The maximum atomic E-state index is 12.6. The third-order valence-electron chi connectivity index (χ3n) is 2.27. The number of hydrogen-bond donors (Lipinski definition) is 1. The molecule has 2 aromatic rings. The summed E-state index contributed by atoms with van der Waals surface area (Å²) in [4.78, 5) is 16.0. The van der Waals surface area contributed by atoms with Crippen molar-refractivity contribution < 1.29 is 9.18 Å². The van der Waals surface area contributed by atoms with Gasteiger partial charge in [-0.15, -0.1) is 11.3 Å². The molecule has 0 aliphatic rings. The van der Waals surface area contributed by atoms with Gasteiger partial charge in [0.05, 0.1) is 11.7 Å². The molecule has 0 atom stereocenters. The molecule has 1 aromatic heterocycles. The maximum Gasteiger partial charge on any atom is 0.263 e. The number of rotatable bonds is 4. The van der Waals surface area contributed by atoms with Crippen molar-refractivity contribution >= 4 is 17.2 Å². The topological polar surface area (TPSA) is 42.0 Å². The van der Waals surface area contributed by atoms with Gasteiger partial charge in [0, 0.05) is 6.54 Å². The predicted molar refractivity (Wildman–Crippen MR) is 64.6 cm³/mol. The lowest BCUT2D eigenvalue weighted by Gasteiger charge is -2.03. The van der Waals surface area contributed by atoms with Crippen LogP contribution < -0.4 is 5.32 Å². The highest BCUT2D eigenvalue weighted by Crippen LogP contribution is 2.05. The van der Waals surface area contributed by atoms with E-state index in [0.717, 1.165) is 5.56 Å². The molecule has 0 saturated heterocycles. The van der Waals surface area contributed by atoms with Gasteiger partial charge in [0.1, 0.15) is 10.7 Å². The second-order valence-corrected chi connectivity index (χ2v) is 4.38. The maximum absolute atomic E-state index is 12.6. The van der Waals surface area contributed by atoms with Gasteiger partial charge in [0.2, 0.25) is 0 Å². The Bertz CT molecular complexity index is 482. The van der Waals surface area contributed by atoms with Gasteiger partial charge in [-0.3, -0.25) is 9.78 Å². The van der Waals surface area contributed by atoms with Crippen LogP contribution in [0.25, 0.3) is 0 Å². The molecule has 0 bridgehead atoms. The van der Waals surface area contributed by atoms with Crippen molar-refractivity contribution in [3.63, 3.8) is 0 Å². The van der Waals surface area contributed by atoms with E-state index < -0.39 is 0 Å². The molecule has 0 saturated carbocycles. The lowest BCUT2D eigenvalue weighted by molar-refractivity contribution is 0.0958. The van der Waals surface area contributed by atoms with Crippen LogP contribution in [-0.2, 0) is 6.42 Å². The largest absolute Gasteiger partial charge is 0.351 e. The first-order chi connectivity index (χ1) is 8.25. The zero-order chi connectivity index (χ0) is 12.1. The zero-order valence-corrected chi connectivity index (χ0v) is 9.84. The molecule has 88 valence electrons. The molecule has 1 N–H and O–H groups in total. The lowest BCUT2D eigenvalue weighted by Crippen LogP contribution is -2.24. The molecule has 0 aliphatic carbocycles. The first-order valence-electron chi connectivity index (χ1n) is 5.17. The normalized spacial score (nSPS) is 10.2. The van der Waals surface area contributed by atoms with Gasteiger partial charge in [-0.2, -0.15) is 0 Å². The molecular formula is C12H11FN2OS. The summed E-state index contributed by atoms with van der Waals surface area (Å²) in [7, 11) is 0. The number of thiazole rings is 1. The van der Waals surface area contributed by atoms with Crippen LogP contribution in [0.1, 0.15) is 15.2 Å². The molecule has 0 aliphatic heterocycles. The highest BCUT2D eigenvalue weighted by molar-refractivity contribution is 7.11. The SMILES string of the molecule is O=C(NCCc1ccc(F)cc1)c1cncs1. The van der Waals surface area contributed by atoms with Crippen LogP contribution in [0.2, 0.25) is 0 Å². The fourth-order valence-electron chi connectivity index (χ4n) is 1.39. The summed E-state index contributed by atoms with van der Waals surface area (Å²) >= 11 is 1.31. The molecule has 17 heavy (non-hydrogen) atoms. The molecule has 0 radical (unpaired) electrons. The Morgan fingerprint density at radius 3 is 2.76 bits per heavy atom. The summed E-state index contributed by atoms with van der Waals surface area (Å²) in [5, 5.41) is 2.79. The number of aromatic nitrogens is 1. The Morgan fingerprint density at radius 2 is 2.12 bits per heavy atom. The summed E-state index contributed by atoms with van der Waals surface area (Å²) < 4.78 is 12.6. The highest BCUT2D eigenvalue weighted by atomic mass is 32.1. The van der Waals surface area contributed by atoms with Gasteiger partial charge in [0.25, 0.3) is 5.91 Å². The standard InChI is InChI=1S/C12H11FN2OS/c13-10-3-1-9(2-4-10)5-6-15-12(16)11-7-14-8-17-11/h1-4,7-8H,5-6H2,(H,15,16). The molecule has 0 fully saturated rings. The molecule has 5 heteroatoms. The van der Waals surface area contributed by atoms with E-state index in [-0.39, 0.29) is 11.7 Å². The first kappa shape index (κ1) is 11.7. The van der Waals surface area contributed by atoms with Crippen LogP contribution in [-0.4, -0.2) is 17.4 Å². The van der Waals surface area contributed by atoms with Gasteiger partial charge in [-0.05, 0) is 24.1 Å². The Hall–Kier alpha value is -1.75. The predicted octanol–water partition coefficient (Wildman–Crippen LogP) is 2.25. The van der Waals surface area contributed by atoms with Crippen molar-refractivity contribution in [1.82, 2.24) is 10.3 Å². The number of amides is 1. The lowest BCUT2D eigenvalue weighted by atomic mass is 10.1. The van der Waals surface area contributed by atoms with E-state index in [1.807, 2.05) is 0 Å². The summed E-state index contributed by atoms with van der Waals surface area (Å²) in [5.41, 5.74) is 2.62. The van der Waals surface area contributed by atoms with Gasteiger partial charge >= 0.3 is 0 Å². The fourth-order valence-corrected chi connectivity index (χ4v) is 1.92. The molecular weight excluding hydrogens is 239 g/mol. The van der Waals surface area contributed by atoms with Crippen LogP contribution in [0.3, 0.4) is 0 Å². The Kier molecular flexibility index (Phi) is 3.82. The molecule has 1 amide bonds. The summed E-state index contributed by atoms with van der Waals surface area (Å²) in [5.74, 6) is -0.364. The van der Waals surface area contributed by atoms with Crippen LogP contribution in [0.4, 0.5) is 4.39 Å². The van der Waals surface area contributed by atoms with Crippen molar-refractivity contribution in [3.05, 3.63) is 52.2 Å². The smallest absolute Gasteiger partial charge is 0.263 e.